The highest BCUT2D eigenvalue weighted by Crippen LogP contribution is 2.29. The fourth-order valence-corrected chi connectivity index (χ4v) is 3.52. The molecule has 0 bridgehead atoms. The van der Waals surface area contributed by atoms with Crippen LogP contribution in [0.3, 0.4) is 0 Å². The van der Waals surface area contributed by atoms with Gasteiger partial charge in [0.25, 0.3) is 0 Å². The van der Waals surface area contributed by atoms with E-state index in [-0.39, 0.29) is 17.8 Å². The number of ether oxygens (including phenoxy) is 2. The molecule has 2 aromatic carbocycles. The zero-order chi connectivity index (χ0) is 20.8. The Bertz CT molecular complexity index is 995. The van der Waals surface area contributed by atoms with Crippen LogP contribution >= 0.6 is 23.4 Å². The summed E-state index contributed by atoms with van der Waals surface area (Å²) in [7, 11) is 3.42. The molecular weight excluding hydrogens is 412 g/mol. The molecule has 0 saturated heterocycles. The van der Waals surface area contributed by atoms with Gasteiger partial charge in [-0.1, -0.05) is 41.6 Å². The first-order chi connectivity index (χ1) is 14.0. The number of methoxy groups -OCH3 is 1. The highest BCUT2D eigenvalue weighted by atomic mass is 35.5. The molecular formula is C20H21ClN4O3S. The molecule has 7 nitrogen and oxygen atoms in total. The Morgan fingerprint density at radius 1 is 1.24 bits per heavy atom. The van der Waals surface area contributed by atoms with Crippen molar-refractivity contribution in [3.8, 4) is 11.5 Å². The molecule has 1 aromatic heterocycles. The predicted molar refractivity (Wildman–Crippen MR) is 114 cm³/mol. The lowest BCUT2D eigenvalue weighted by molar-refractivity contribution is -0.113. The minimum absolute atomic E-state index is 0.145. The van der Waals surface area contributed by atoms with E-state index in [1.165, 1.54) is 11.8 Å². The number of thioether (sulfide) groups is 1. The predicted octanol–water partition coefficient (Wildman–Crippen LogP) is 4.35. The van der Waals surface area contributed by atoms with Crippen LogP contribution in [0.1, 0.15) is 18.9 Å². The maximum atomic E-state index is 12.2. The third-order valence-electron chi connectivity index (χ3n) is 4.06. The Hall–Kier alpha value is -2.71. The lowest BCUT2D eigenvalue weighted by Gasteiger charge is -2.15. The summed E-state index contributed by atoms with van der Waals surface area (Å²) in [6, 6.07) is 14.5. The van der Waals surface area contributed by atoms with Gasteiger partial charge in [-0.2, -0.15) is 0 Å². The van der Waals surface area contributed by atoms with Crippen molar-refractivity contribution in [2.45, 2.75) is 18.2 Å². The first-order valence-corrected chi connectivity index (χ1v) is 10.2. The van der Waals surface area contributed by atoms with Crippen LogP contribution in [-0.4, -0.2) is 33.5 Å². The van der Waals surface area contributed by atoms with Gasteiger partial charge in [0, 0.05) is 18.8 Å². The number of amides is 1. The number of para-hydroxylation sites is 1. The van der Waals surface area contributed by atoms with Crippen LogP contribution in [0.5, 0.6) is 11.5 Å². The van der Waals surface area contributed by atoms with E-state index in [4.69, 9.17) is 21.1 Å². The summed E-state index contributed by atoms with van der Waals surface area (Å²) in [5.74, 6) is 1.95. The van der Waals surface area contributed by atoms with Gasteiger partial charge in [-0.05, 0) is 31.2 Å². The van der Waals surface area contributed by atoms with Crippen LogP contribution in [0.25, 0.3) is 0 Å². The second kappa shape index (κ2) is 9.67. The monoisotopic (exact) mass is 432 g/mol. The first-order valence-electron chi connectivity index (χ1n) is 8.85. The lowest BCUT2D eigenvalue weighted by atomic mass is 10.3. The molecule has 1 N–H and O–H groups in total. The van der Waals surface area contributed by atoms with Crippen molar-refractivity contribution >= 4 is 35.0 Å². The molecule has 0 radical (unpaired) electrons. The Balaban J connectivity index is 1.59. The van der Waals surface area contributed by atoms with E-state index in [1.54, 1.807) is 31.4 Å². The maximum Gasteiger partial charge on any atom is 0.234 e. The molecule has 29 heavy (non-hydrogen) atoms. The maximum absolute atomic E-state index is 12.2. The number of hydrogen-bond acceptors (Lipinski definition) is 6. The molecule has 1 unspecified atom stereocenters. The van der Waals surface area contributed by atoms with Gasteiger partial charge in [0.1, 0.15) is 11.5 Å². The molecule has 0 saturated carbocycles. The fraction of sp³-hybridized carbons (Fsp3) is 0.250. The molecule has 1 heterocycles. The van der Waals surface area contributed by atoms with Crippen LogP contribution in [0.4, 0.5) is 5.69 Å². The standard InChI is InChI=1S/C20H21ClN4O3S/c1-13(28-17-10-5-4-9-16(17)21)19-23-24-20(25(19)2)29-12-18(26)22-14-7-6-8-15(11-14)27-3/h4-11,13H,12H2,1-3H3,(H,22,26). The number of carbonyl (C=O) groups is 1. The Labute approximate surface area is 178 Å². The number of nitrogens with one attached hydrogen (secondary N) is 1. The van der Waals surface area contributed by atoms with Crippen molar-refractivity contribution in [3.05, 3.63) is 59.4 Å². The quantitative estimate of drug-likeness (QED) is 0.533. The molecule has 152 valence electrons. The van der Waals surface area contributed by atoms with Gasteiger partial charge in [0.15, 0.2) is 17.1 Å². The number of carbonyl (C=O) groups excluding carboxylic acids is 1. The van der Waals surface area contributed by atoms with Gasteiger partial charge >= 0.3 is 0 Å². The molecule has 0 aliphatic carbocycles. The van der Waals surface area contributed by atoms with Crippen molar-refractivity contribution < 1.29 is 14.3 Å². The first kappa shape index (κ1) is 21.0. The summed E-state index contributed by atoms with van der Waals surface area (Å²) in [4.78, 5) is 12.2. The minimum atomic E-state index is -0.354. The van der Waals surface area contributed by atoms with E-state index >= 15 is 0 Å². The molecule has 0 aliphatic heterocycles. The van der Waals surface area contributed by atoms with E-state index in [1.807, 2.05) is 42.8 Å². The van der Waals surface area contributed by atoms with Crippen LogP contribution in [-0.2, 0) is 11.8 Å². The average Bonchev–Trinajstić information content (AvgIpc) is 3.09. The smallest absolute Gasteiger partial charge is 0.234 e. The highest BCUT2D eigenvalue weighted by molar-refractivity contribution is 7.99. The van der Waals surface area contributed by atoms with Gasteiger partial charge in [0.2, 0.25) is 5.91 Å². The van der Waals surface area contributed by atoms with Gasteiger partial charge in [-0.3, -0.25) is 4.79 Å². The molecule has 9 heteroatoms. The number of hydrogen-bond donors (Lipinski definition) is 1. The molecule has 1 amide bonds. The molecule has 3 aromatic rings. The molecule has 1 atom stereocenters. The van der Waals surface area contributed by atoms with Crippen LogP contribution < -0.4 is 14.8 Å². The van der Waals surface area contributed by atoms with Crippen molar-refractivity contribution in [1.29, 1.82) is 0 Å². The summed E-state index contributed by atoms with van der Waals surface area (Å²) >= 11 is 7.44. The van der Waals surface area contributed by atoms with Crippen LogP contribution in [0, 0.1) is 0 Å². The second-order valence-corrected chi connectivity index (χ2v) is 7.51. The summed E-state index contributed by atoms with van der Waals surface area (Å²) in [5.41, 5.74) is 0.676. The van der Waals surface area contributed by atoms with E-state index in [2.05, 4.69) is 15.5 Å². The minimum Gasteiger partial charge on any atom is -0.497 e. The van der Waals surface area contributed by atoms with Crippen LogP contribution in [0.2, 0.25) is 5.02 Å². The summed E-state index contributed by atoms with van der Waals surface area (Å²) in [6.07, 6.45) is -0.354. The summed E-state index contributed by atoms with van der Waals surface area (Å²) in [5, 5.41) is 12.4. The molecule has 0 fully saturated rings. The number of rotatable bonds is 8. The number of nitrogens with zero attached hydrogens (tertiary/aromatic N) is 3. The number of aromatic nitrogens is 3. The molecule has 3 rings (SSSR count). The topological polar surface area (TPSA) is 78.3 Å². The van der Waals surface area contributed by atoms with Crippen molar-refractivity contribution in [1.82, 2.24) is 14.8 Å². The highest BCUT2D eigenvalue weighted by Gasteiger charge is 2.19. The van der Waals surface area contributed by atoms with Gasteiger partial charge in [-0.25, -0.2) is 0 Å². The number of benzene rings is 2. The lowest BCUT2D eigenvalue weighted by Crippen LogP contribution is -2.15. The third-order valence-corrected chi connectivity index (χ3v) is 5.39. The van der Waals surface area contributed by atoms with Crippen LogP contribution in [0.15, 0.2) is 53.7 Å². The van der Waals surface area contributed by atoms with E-state index < -0.39 is 0 Å². The van der Waals surface area contributed by atoms with Crippen molar-refractivity contribution in [2.75, 3.05) is 18.2 Å². The van der Waals surface area contributed by atoms with E-state index in [9.17, 15) is 4.79 Å². The van der Waals surface area contributed by atoms with Crippen molar-refractivity contribution in [3.63, 3.8) is 0 Å². The SMILES string of the molecule is COc1cccc(NC(=O)CSc2nnc(C(C)Oc3ccccc3Cl)n2C)c1. The zero-order valence-corrected chi connectivity index (χ0v) is 17.8. The average molecular weight is 433 g/mol. The molecule has 0 spiro atoms. The number of halogens is 1. The largest absolute Gasteiger partial charge is 0.497 e. The second-order valence-electron chi connectivity index (χ2n) is 6.16. The number of anilines is 1. The molecule has 0 aliphatic rings. The van der Waals surface area contributed by atoms with E-state index in [0.717, 1.165) is 0 Å². The summed E-state index contributed by atoms with van der Waals surface area (Å²) < 4.78 is 12.9. The Kier molecular flexibility index (Phi) is 7.00. The van der Waals surface area contributed by atoms with Crippen molar-refractivity contribution in [2.24, 2.45) is 7.05 Å². The van der Waals surface area contributed by atoms with Gasteiger partial charge < -0.3 is 19.4 Å². The summed E-state index contributed by atoms with van der Waals surface area (Å²) in [6.45, 7) is 1.87. The Morgan fingerprint density at radius 2 is 2.03 bits per heavy atom. The van der Waals surface area contributed by atoms with Gasteiger partial charge in [0.05, 0.1) is 17.9 Å². The fourth-order valence-electron chi connectivity index (χ4n) is 2.62. The van der Waals surface area contributed by atoms with E-state index in [0.29, 0.717) is 33.2 Å². The Morgan fingerprint density at radius 3 is 2.79 bits per heavy atom. The normalized spacial score (nSPS) is 11.7. The zero-order valence-electron chi connectivity index (χ0n) is 16.3. The van der Waals surface area contributed by atoms with Gasteiger partial charge in [-0.15, -0.1) is 10.2 Å². The third kappa shape index (κ3) is 5.42.